The van der Waals surface area contributed by atoms with Crippen molar-refractivity contribution in [2.45, 2.75) is 96.1 Å². The van der Waals surface area contributed by atoms with Gasteiger partial charge in [-0.05, 0) is 183 Å². The van der Waals surface area contributed by atoms with Crippen LogP contribution in [-0.4, -0.2) is 83.9 Å². The number of halogens is 12. The van der Waals surface area contributed by atoms with Gasteiger partial charge in [-0.3, -0.25) is 24.0 Å². The first kappa shape index (κ1) is 94.1. The largest absolute Gasteiger partial charge is 0.508 e. The Bertz CT molecular complexity index is 5540. The Hall–Kier alpha value is -14.4. The number of hydrogen-bond acceptors (Lipinski definition) is 23. The molecule has 0 aliphatic carbocycles. The molecule has 35 heteroatoms. The number of aryl methyl sites for hydroxylation is 1. The lowest BCUT2D eigenvalue weighted by atomic mass is 10.1. The van der Waals surface area contributed by atoms with Gasteiger partial charge in [0.1, 0.15) is 109 Å². The first-order chi connectivity index (χ1) is 58.2. The molecule has 0 fully saturated rings. The molecule has 0 aliphatic rings. The third-order valence-corrected chi connectivity index (χ3v) is 16.1. The van der Waals surface area contributed by atoms with E-state index in [1.807, 2.05) is 6.07 Å². The fourth-order valence-corrected chi connectivity index (χ4v) is 10.6. The highest BCUT2D eigenvalue weighted by molar-refractivity contribution is 5.74. The zero-order valence-electron chi connectivity index (χ0n) is 66.1. The second-order valence-corrected chi connectivity index (χ2v) is 26.7. The fraction of sp³-hybridized carbons (Fsp3) is 0.216. The van der Waals surface area contributed by atoms with Crippen molar-refractivity contribution in [2.75, 3.05) is 28.4 Å². The Balaban J connectivity index is 0.000000206. The van der Waals surface area contributed by atoms with Gasteiger partial charge in [0.2, 0.25) is 17.6 Å². The maximum Gasteiger partial charge on any atom is 0.420 e. The molecule has 0 aliphatic heterocycles. The average Bonchev–Trinajstić information content (AvgIpc) is 0.808. The number of phenolic OH excluding ortho intramolecular Hbond substituents is 1. The van der Waals surface area contributed by atoms with Gasteiger partial charge in [-0.15, -0.1) is 0 Å². The number of nitriles is 1. The highest BCUT2D eigenvalue weighted by Gasteiger charge is 2.39. The molecular weight excluding hydrogens is 1640 g/mol. The van der Waals surface area contributed by atoms with E-state index in [-0.39, 0.29) is 115 Å². The molecule has 0 spiro atoms. The average molecular weight is 1720 g/mol. The van der Waals surface area contributed by atoms with Gasteiger partial charge in [0, 0.05) is 36.9 Å². The van der Waals surface area contributed by atoms with E-state index in [9.17, 15) is 81.8 Å². The number of pyridine rings is 3. The number of nitrogens with zero attached hydrogens (tertiary/aromatic N) is 4. The zero-order valence-corrected chi connectivity index (χ0v) is 66.1. The summed E-state index contributed by atoms with van der Waals surface area (Å²) >= 11 is 0. The Labute approximate surface area is 694 Å². The molecule has 3 N–H and O–H groups in total. The fourth-order valence-electron chi connectivity index (χ4n) is 10.6. The summed E-state index contributed by atoms with van der Waals surface area (Å²) in [6.45, 7) is 5.48. The van der Waals surface area contributed by atoms with E-state index in [0.29, 0.717) is 39.7 Å². The van der Waals surface area contributed by atoms with Gasteiger partial charge < -0.3 is 67.7 Å². The van der Waals surface area contributed by atoms with Crippen LogP contribution in [0.5, 0.6) is 86.6 Å². The molecule has 0 radical (unpaired) electrons. The van der Waals surface area contributed by atoms with E-state index < -0.39 is 105 Å². The third-order valence-electron chi connectivity index (χ3n) is 16.1. The number of esters is 5. The molecule has 11 rings (SSSR count). The first-order valence-electron chi connectivity index (χ1n) is 36.3. The smallest absolute Gasteiger partial charge is 0.420 e. The molecule has 8 aromatic carbocycles. The molecule has 644 valence electrons. The number of benzene rings is 8. The maximum absolute atomic E-state index is 13.9. The van der Waals surface area contributed by atoms with Crippen molar-refractivity contribution in [3.05, 3.63) is 286 Å². The topological polar surface area (TPSA) is 305 Å². The molecular formula is C88H75F12N5O18. The van der Waals surface area contributed by atoms with Gasteiger partial charge in [0.15, 0.2) is 0 Å². The van der Waals surface area contributed by atoms with Crippen molar-refractivity contribution in [1.82, 2.24) is 15.0 Å². The van der Waals surface area contributed by atoms with E-state index >= 15 is 0 Å². The minimum absolute atomic E-state index is 0.0173. The van der Waals surface area contributed by atoms with Crippen LogP contribution >= 0.6 is 0 Å². The van der Waals surface area contributed by atoms with Crippen molar-refractivity contribution >= 4 is 29.8 Å². The van der Waals surface area contributed by atoms with Gasteiger partial charge in [-0.2, -0.15) is 57.9 Å². The van der Waals surface area contributed by atoms with Crippen molar-refractivity contribution in [3.63, 3.8) is 0 Å². The lowest BCUT2D eigenvalue weighted by molar-refractivity contribution is -0.155. The number of aromatic nitrogens is 3. The minimum Gasteiger partial charge on any atom is -0.508 e. The quantitative estimate of drug-likeness (QED) is 0.0289. The standard InChI is InChI=1S/C28H28F3NO6.C22H19F3N2O4.C22H15F3N2O4.C16H13F3O4/c1-27(2,3)38-25(33)14-11-19-8-6-10-24(32-19)37-21-12-13-23(22(17-21)28(29,30)31)36-20-9-5-7-18(15-20)16-26(34)35-4;2*1-29-21(28)11-14-4-2-6-16(10-14)30-19-9-8-17(12-18(19)22(23,24)25)31-20-7-3-5-15(13-26)27-20;1-22-15(21)8-10-3-2-4-12(7-10)23-14-6-5-11(20)9-13(14)16(17,18)19/h5-10,12-13,15,17H,11,14,16H2,1-4H3;2-10,12H,11,13,26H2,1H3;2-10,12H,11H2,1H3;2-7,9,20H,8H2,1H3. The molecule has 0 saturated heterocycles. The molecule has 123 heavy (non-hydrogen) atoms. The van der Waals surface area contributed by atoms with E-state index in [2.05, 4.69) is 33.9 Å². The minimum atomic E-state index is -4.74. The summed E-state index contributed by atoms with van der Waals surface area (Å²) in [4.78, 5) is 69.8. The van der Waals surface area contributed by atoms with Gasteiger partial charge >= 0.3 is 54.6 Å². The second-order valence-electron chi connectivity index (χ2n) is 26.7. The van der Waals surface area contributed by atoms with Gasteiger partial charge in [0.05, 0.1) is 66.2 Å². The number of phenols is 1. The number of methoxy groups -OCH3 is 4. The zero-order chi connectivity index (χ0) is 89.8. The monoisotopic (exact) mass is 1720 g/mol. The molecule has 0 saturated carbocycles. The normalized spacial score (nSPS) is 11.2. The van der Waals surface area contributed by atoms with Crippen LogP contribution in [0.2, 0.25) is 0 Å². The Morgan fingerprint density at radius 2 is 0.650 bits per heavy atom. The lowest BCUT2D eigenvalue weighted by Crippen LogP contribution is -2.24. The number of ether oxygens (including phenoxy) is 12. The Morgan fingerprint density at radius 1 is 0.358 bits per heavy atom. The lowest BCUT2D eigenvalue weighted by Gasteiger charge is -2.19. The van der Waals surface area contributed by atoms with Crippen molar-refractivity contribution in [1.29, 1.82) is 5.26 Å². The van der Waals surface area contributed by atoms with E-state index in [1.54, 1.807) is 93.6 Å². The summed E-state index contributed by atoms with van der Waals surface area (Å²) < 4.78 is 224. The predicted molar refractivity (Wildman–Crippen MR) is 416 cm³/mol. The number of nitrogens with two attached hydrogens (primary N) is 1. The summed E-state index contributed by atoms with van der Waals surface area (Å²) in [6, 6.07) is 53.0. The van der Waals surface area contributed by atoms with Gasteiger partial charge in [-0.1, -0.05) is 66.7 Å². The molecule has 0 unspecified atom stereocenters. The number of rotatable bonds is 26. The number of aromatic hydroxyl groups is 1. The number of alkyl halides is 12. The molecule has 3 heterocycles. The van der Waals surface area contributed by atoms with E-state index in [4.69, 9.17) is 48.9 Å². The Morgan fingerprint density at radius 3 is 0.967 bits per heavy atom. The highest BCUT2D eigenvalue weighted by atomic mass is 19.4. The third kappa shape index (κ3) is 30.7. The predicted octanol–water partition coefficient (Wildman–Crippen LogP) is 20.7. The molecule has 0 amide bonds. The molecule has 23 nitrogen and oxygen atoms in total. The van der Waals surface area contributed by atoms with Crippen molar-refractivity contribution in [3.8, 4) is 92.7 Å². The summed E-state index contributed by atoms with van der Waals surface area (Å²) in [5.74, 6) is -4.05. The number of carbonyl (C=O) groups excluding carboxylic acids is 5. The molecule has 3 aromatic heterocycles. The van der Waals surface area contributed by atoms with Gasteiger partial charge in [-0.25, -0.2) is 15.0 Å². The SMILES string of the molecule is COC(=O)Cc1cccc(Oc2ccc(O)cc2C(F)(F)F)c1.COC(=O)Cc1cccc(Oc2ccc(Oc3cccc(C#N)n3)cc2C(F)(F)F)c1.COC(=O)Cc1cccc(Oc2ccc(Oc3cccc(CCC(=O)OC(C)(C)C)n3)cc2C(F)(F)F)c1.COC(=O)Cc1cccc(Oc2ccc(Oc3cccc(CN)n3)cc2C(F)(F)F)c1. The molecule has 0 atom stereocenters. The second kappa shape index (κ2) is 43.0. The van der Waals surface area contributed by atoms with Crippen LogP contribution in [0.1, 0.15) is 88.8 Å². The number of hydrogen-bond donors (Lipinski definition) is 2. The van der Waals surface area contributed by atoms with Crippen LogP contribution in [-0.2, 0) is 111 Å². The van der Waals surface area contributed by atoms with Crippen molar-refractivity contribution < 1.29 is 139 Å². The van der Waals surface area contributed by atoms with Crippen LogP contribution < -0.4 is 38.9 Å². The van der Waals surface area contributed by atoms with Crippen LogP contribution in [0.15, 0.2) is 224 Å². The number of carbonyl (C=O) groups is 5. The molecule has 0 bridgehead atoms. The van der Waals surface area contributed by atoms with Gasteiger partial charge in [0.25, 0.3) is 0 Å². The van der Waals surface area contributed by atoms with E-state index in [1.165, 1.54) is 126 Å². The van der Waals surface area contributed by atoms with Crippen LogP contribution in [0.3, 0.4) is 0 Å². The van der Waals surface area contributed by atoms with E-state index in [0.717, 1.165) is 48.5 Å². The molecule has 11 aromatic rings. The summed E-state index contributed by atoms with van der Waals surface area (Å²) in [5, 5.41) is 18.1. The summed E-state index contributed by atoms with van der Waals surface area (Å²) in [7, 11) is 4.99. The summed E-state index contributed by atoms with van der Waals surface area (Å²) in [6.07, 6.45) is -18.6. The maximum atomic E-state index is 13.9. The van der Waals surface area contributed by atoms with Crippen LogP contribution in [0.4, 0.5) is 52.7 Å². The first-order valence-corrected chi connectivity index (χ1v) is 36.3. The van der Waals surface area contributed by atoms with Crippen LogP contribution in [0, 0.1) is 11.3 Å². The Kier molecular flexibility index (Phi) is 32.9. The van der Waals surface area contributed by atoms with Crippen molar-refractivity contribution in [2.24, 2.45) is 5.73 Å². The highest BCUT2D eigenvalue weighted by Crippen LogP contribution is 2.46. The summed E-state index contributed by atoms with van der Waals surface area (Å²) in [5.41, 5.74) is 4.00. The van der Waals surface area contributed by atoms with Crippen LogP contribution in [0.25, 0.3) is 0 Å².